The van der Waals surface area contributed by atoms with Crippen molar-refractivity contribution in [2.75, 3.05) is 26.5 Å². The lowest BCUT2D eigenvalue weighted by molar-refractivity contribution is -0.118. The predicted octanol–water partition coefficient (Wildman–Crippen LogP) is 10.00. The maximum atomic E-state index is 11.5. The molecule has 3 aromatic rings. The molecule has 0 amide bonds. The average molecular weight is 654 g/mol. The van der Waals surface area contributed by atoms with E-state index in [1.165, 1.54) is 51.6 Å². The van der Waals surface area contributed by atoms with E-state index in [0.717, 1.165) is 30.7 Å². The van der Waals surface area contributed by atoms with Crippen LogP contribution in [0.2, 0.25) is 0 Å². The lowest BCUT2D eigenvalue weighted by Gasteiger charge is -2.19. The fourth-order valence-electron chi connectivity index (χ4n) is 4.23. The van der Waals surface area contributed by atoms with Crippen LogP contribution in [0, 0.1) is 26.2 Å². The molecular weight excluding hydrogens is 591 g/mol. The molecule has 0 saturated heterocycles. The first-order chi connectivity index (χ1) is 21.8. The average Bonchev–Trinajstić information content (AvgIpc) is 3.02. The highest BCUT2D eigenvalue weighted by atomic mass is 32.2. The van der Waals surface area contributed by atoms with Crippen molar-refractivity contribution in [2.45, 2.75) is 101 Å². The van der Waals surface area contributed by atoms with Gasteiger partial charge in [-0.3, -0.25) is 4.79 Å². The molecule has 0 saturated carbocycles. The normalized spacial score (nSPS) is 10.2. The molecule has 0 aliphatic heterocycles. The summed E-state index contributed by atoms with van der Waals surface area (Å²) in [7, 11) is 3.60. The molecule has 0 aromatic heterocycles. The van der Waals surface area contributed by atoms with Crippen LogP contribution in [0.1, 0.15) is 106 Å². The van der Waals surface area contributed by atoms with Gasteiger partial charge in [0.1, 0.15) is 12.5 Å². The van der Waals surface area contributed by atoms with Crippen LogP contribution in [0.25, 0.3) is 0 Å². The minimum absolute atomic E-state index is 0.182. The molecule has 5 nitrogen and oxygen atoms in total. The zero-order valence-electron chi connectivity index (χ0n) is 30.9. The van der Waals surface area contributed by atoms with Crippen LogP contribution >= 0.6 is 11.8 Å². The minimum atomic E-state index is -0.182. The van der Waals surface area contributed by atoms with Crippen molar-refractivity contribution in [3.05, 3.63) is 99.6 Å². The highest BCUT2D eigenvalue weighted by Crippen LogP contribution is 2.29. The van der Waals surface area contributed by atoms with Crippen LogP contribution < -0.4 is 5.32 Å². The molecule has 3 rings (SSSR count). The third-order valence-electron chi connectivity index (χ3n) is 7.12. The summed E-state index contributed by atoms with van der Waals surface area (Å²) in [6.07, 6.45) is 3.07. The van der Waals surface area contributed by atoms with E-state index in [4.69, 9.17) is 9.53 Å². The standard InChI is InChI=1S/C19H24O.C9H18O2S.C8H11N.C3H8.CH2O/c1-12(2)17-10-16(6-7-19(17)20)11-18-14(4)8-13(3)9-15(18)5;1-5-9(2,3)8(10)12-7-6-11-4;1-9-7-8-5-3-2-4-6-8;1-3-2;1-2/h6-10,12,20H,11H2,1-5H3;5-7H2,1-4H3;2-6,9H,7H2,1H3;3H2,1-2H3;1H2. The Morgan fingerprint density at radius 1 is 0.935 bits per heavy atom. The number of phenolic OH excluding ortho intramolecular Hbond substituents is 1. The van der Waals surface area contributed by atoms with E-state index < -0.39 is 0 Å². The lowest BCUT2D eigenvalue weighted by Crippen LogP contribution is -2.20. The number of carbonyl (C=O) groups excluding carboxylic acids is 2. The Morgan fingerprint density at radius 2 is 1.48 bits per heavy atom. The molecule has 46 heavy (non-hydrogen) atoms. The topological polar surface area (TPSA) is 75.6 Å². The molecule has 0 atom stereocenters. The number of hydrogen-bond donors (Lipinski definition) is 2. The number of aryl methyl sites for hydroxylation is 3. The summed E-state index contributed by atoms with van der Waals surface area (Å²) in [4.78, 5) is 19.5. The molecule has 0 fully saturated rings. The Balaban J connectivity index is 0. The zero-order valence-corrected chi connectivity index (χ0v) is 31.7. The number of phenols is 1. The van der Waals surface area contributed by atoms with Crippen molar-refractivity contribution in [1.82, 2.24) is 5.32 Å². The number of methoxy groups -OCH3 is 1. The summed E-state index contributed by atoms with van der Waals surface area (Å²) < 4.78 is 4.87. The molecule has 0 heterocycles. The van der Waals surface area contributed by atoms with Gasteiger partial charge in [0.05, 0.1) is 6.61 Å². The van der Waals surface area contributed by atoms with Crippen LogP contribution in [0.4, 0.5) is 0 Å². The van der Waals surface area contributed by atoms with Crippen LogP contribution in [-0.2, 0) is 27.3 Å². The first kappa shape index (κ1) is 45.2. The highest BCUT2D eigenvalue weighted by molar-refractivity contribution is 8.13. The second kappa shape index (κ2) is 26.2. The number of nitrogens with one attached hydrogen (secondary N) is 1. The van der Waals surface area contributed by atoms with E-state index in [2.05, 4.69) is 84.1 Å². The summed E-state index contributed by atoms with van der Waals surface area (Å²) in [5.74, 6) is 1.51. The zero-order chi connectivity index (χ0) is 35.7. The number of carbonyl (C=O) groups is 2. The summed E-state index contributed by atoms with van der Waals surface area (Å²) in [6.45, 7) is 24.6. The first-order valence-electron chi connectivity index (χ1n) is 16.3. The third-order valence-corrected chi connectivity index (χ3v) is 8.30. The molecule has 3 aromatic carbocycles. The number of rotatable bonds is 10. The number of aromatic hydroxyl groups is 1. The number of ether oxygens (including phenoxy) is 1. The van der Waals surface area contributed by atoms with Crippen LogP contribution in [0.3, 0.4) is 0 Å². The van der Waals surface area contributed by atoms with E-state index in [1.54, 1.807) is 7.11 Å². The Bertz CT molecular complexity index is 1200. The van der Waals surface area contributed by atoms with Gasteiger partial charge in [-0.2, -0.15) is 0 Å². The smallest absolute Gasteiger partial charge is 0.194 e. The van der Waals surface area contributed by atoms with E-state index in [0.29, 0.717) is 18.3 Å². The Morgan fingerprint density at radius 3 is 1.93 bits per heavy atom. The summed E-state index contributed by atoms with van der Waals surface area (Å²) >= 11 is 1.37. The minimum Gasteiger partial charge on any atom is -0.508 e. The van der Waals surface area contributed by atoms with Gasteiger partial charge in [0.15, 0.2) is 5.12 Å². The van der Waals surface area contributed by atoms with Crippen molar-refractivity contribution in [3.63, 3.8) is 0 Å². The van der Waals surface area contributed by atoms with E-state index in [-0.39, 0.29) is 10.5 Å². The van der Waals surface area contributed by atoms with Crippen molar-refractivity contribution >= 4 is 23.7 Å². The lowest BCUT2D eigenvalue weighted by atomic mass is 9.92. The fraction of sp³-hybridized carbons (Fsp3) is 0.500. The molecule has 0 bridgehead atoms. The van der Waals surface area contributed by atoms with E-state index in [9.17, 15) is 9.90 Å². The number of thioether (sulfide) groups is 1. The molecule has 0 aliphatic rings. The largest absolute Gasteiger partial charge is 0.508 e. The predicted molar refractivity (Wildman–Crippen MR) is 201 cm³/mol. The summed E-state index contributed by atoms with van der Waals surface area (Å²) in [5.41, 5.74) is 8.86. The second-order valence-corrected chi connectivity index (χ2v) is 13.3. The van der Waals surface area contributed by atoms with Gasteiger partial charge in [0, 0.05) is 24.8 Å². The van der Waals surface area contributed by atoms with Gasteiger partial charge in [-0.15, -0.1) is 0 Å². The van der Waals surface area contributed by atoms with Crippen LogP contribution in [-0.4, -0.2) is 43.5 Å². The van der Waals surface area contributed by atoms with Gasteiger partial charge in [-0.25, -0.2) is 0 Å². The van der Waals surface area contributed by atoms with E-state index in [1.807, 2.05) is 64.9 Å². The highest BCUT2D eigenvalue weighted by Gasteiger charge is 2.25. The van der Waals surface area contributed by atoms with Gasteiger partial charge in [0.2, 0.25) is 0 Å². The first-order valence-corrected chi connectivity index (χ1v) is 17.3. The summed E-state index contributed by atoms with van der Waals surface area (Å²) in [5, 5.41) is 13.3. The Kier molecular flexibility index (Phi) is 25.7. The fourth-order valence-corrected chi connectivity index (χ4v) is 5.20. The molecule has 6 heteroatoms. The SMILES string of the molecule is C=O.CCC.CCC(C)(C)C(=O)SCCOC.CNCc1ccccc1.Cc1cc(C)c(Cc2ccc(O)c(C(C)C)c2)c(C)c1. The maximum Gasteiger partial charge on any atom is 0.194 e. The second-order valence-electron chi connectivity index (χ2n) is 12.2. The molecular formula is C40H63NO4S. The molecule has 0 aliphatic carbocycles. The Hall–Kier alpha value is -2.93. The van der Waals surface area contributed by atoms with Crippen molar-refractivity contribution in [1.29, 1.82) is 0 Å². The Labute approximate surface area is 286 Å². The van der Waals surface area contributed by atoms with Crippen LogP contribution in [0.15, 0.2) is 60.7 Å². The molecule has 2 N–H and O–H groups in total. The maximum absolute atomic E-state index is 11.5. The van der Waals surface area contributed by atoms with E-state index >= 15 is 0 Å². The van der Waals surface area contributed by atoms with Gasteiger partial charge < -0.3 is 20.0 Å². The number of benzene rings is 3. The van der Waals surface area contributed by atoms with Crippen molar-refractivity contribution in [2.24, 2.45) is 5.41 Å². The van der Waals surface area contributed by atoms with Crippen LogP contribution in [0.5, 0.6) is 5.75 Å². The van der Waals surface area contributed by atoms with Crippen molar-refractivity contribution in [3.8, 4) is 5.75 Å². The van der Waals surface area contributed by atoms with Gasteiger partial charge in [-0.05, 0) is 86.0 Å². The van der Waals surface area contributed by atoms with Gasteiger partial charge in [0.25, 0.3) is 0 Å². The molecule has 0 radical (unpaired) electrons. The summed E-state index contributed by atoms with van der Waals surface area (Å²) in [6, 6.07) is 20.8. The third kappa shape index (κ3) is 18.9. The molecule has 258 valence electrons. The van der Waals surface area contributed by atoms with Gasteiger partial charge >= 0.3 is 0 Å². The number of hydrogen-bond acceptors (Lipinski definition) is 6. The molecule has 0 unspecified atom stereocenters. The van der Waals surface area contributed by atoms with Gasteiger partial charge in [-0.1, -0.05) is 127 Å². The molecule has 0 spiro atoms. The monoisotopic (exact) mass is 653 g/mol. The van der Waals surface area contributed by atoms with Crippen molar-refractivity contribution < 1.29 is 19.4 Å². The quantitative estimate of drug-likeness (QED) is 0.212.